The Labute approximate surface area is 126 Å². The summed E-state index contributed by atoms with van der Waals surface area (Å²) in [5.74, 6) is -0.0492. The maximum atomic E-state index is 12.1. The minimum Gasteiger partial charge on any atom is -0.396 e. The van der Waals surface area contributed by atoms with Gasteiger partial charge in [0, 0.05) is 25.0 Å². The van der Waals surface area contributed by atoms with Crippen LogP contribution < -0.4 is 5.32 Å². The van der Waals surface area contributed by atoms with E-state index in [0.29, 0.717) is 12.1 Å². The molecule has 0 aliphatic carbocycles. The number of aryl methyl sites for hydroxylation is 1. The summed E-state index contributed by atoms with van der Waals surface area (Å²) in [6.45, 7) is 4.37. The van der Waals surface area contributed by atoms with Crippen LogP contribution >= 0.6 is 0 Å². The summed E-state index contributed by atoms with van der Waals surface area (Å²) in [6.07, 6.45) is 2.73. The van der Waals surface area contributed by atoms with Crippen LogP contribution in [0.2, 0.25) is 0 Å². The van der Waals surface area contributed by atoms with E-state index < -0.39 is 9.84 Å². The van der Waals surface area contributed by atoms with Crippen molar-refractivity contribution in [2.45, 2.75) is 31.6 Å². The first-order valence-electron chi connectivity index (χ1n) is 6.95. The van der Waals surface area contributed by atoms with Gasteiger partial charge in [-0.25, -0.2) is 8.42 Å². The van der Waals surface area contributed by atoms with E-state index in [1.807, 2.05) is 6.92 Å². The van der Waals surface area contributed by atoms with E-state index in [2.05, 4.69) is 5.32 Å². The van der Waals surface area contributed by atoms with Crippen molar-refractivity contribution in [3.05, 3.63) is 29.3 Å². The topological polar surface area (TPSA) is 83.5 Å². The van der Waals surface area contributed by atoms with Crippen molar-refractivity contribution in [2.24, 2.45) is 5.92 Å². The number of hydrogen-bond acceptors (Lipinski definition) is 4. The molecular formula is C15H23NO4S. The summed E-state index contributed by atoms with van der Waals surface area (Å²) in [4.78, 5) is 12.2. The van der Waals surface area contributed by atoms with Crippen molar-refractivity contribution >= 4 is 15.7 Å². The van der Waals surface area contributed by atoms with E-state index in [9.17, 15) is 13.2 Å². The third-order valence-corrected chi connectivity index (χ3v) is 4.46. The summed E-state index contributed by atoms with van der Waals surface area (Å²) >= 11 is 0. The molecule has 0 unspecified atom stereocenters. The van der Waals surface area contributed by atoms with Crippen LogP contribution in [0.1, 0.15) is 35.7 Å². The fourth-order valence-electron chi connectivity index (χ4n) is 1.92. The summed E-state index contributed by atoms with van der Waals surface area (Å²) in [6, 6.07) is 4.56. The van der Waals surface area contributed by atoms with Gasteiger partial charge in [0.05, 0.1) is 4.90 Å². The number of rotatable bonds is 7. The summed E-state index contributed by atoms with van der Waals surface area (Å²) in [7, 11) is -3.32. The SMILES string of the molecule is Cc1ccc(S(C)(=O)=O)cc1C(=O)NCCC[C@H](C)CO. The molecule has 0 aliphatic heterocycles. The van der Waals surface area contributed by atoms with Crippen molar-refractivity contribution in [1.82, 2.24) is 5.32 Å². The molecule has 0 fully saturated rings. The number of benzene rings is 1. The van der Waals surface area contributed by atoms with Crippen LogP contribution in [0.3, 0.4) is 0 Å². The lowest BCUT2D eigenvalue weighted by Crippen LogP contribution is -2.26. The van der Waals surface area contributed by atoms with Crippen molar-refractivity contribution in [3.63, 3.8) is 0 Å². The van der Waals surface area contributed by atoms with E-state index in [1.54, 1.807) is 13.0 Å². The van der Waals surface area contributed by atoms with Gasteiger partial charge in [-0.05, 0) is 43.4 Å². The van der Waals surface area contributed by atoms with E-state index >= 15 is 0 Å². The molecule has 1 rings (SSSR count). The van der Waals surface area contributed by atoms with Gasteiger partial charge in [-0.2, -0.15) is 0 Å². The summed E-state index contributed by atoms with van der Waals surface area (Å²) in [5, 5.41) is 11.7. The molecule has 6 heteroatoms. The number of aliphatic hydroxyl groups excluding tert-OH is 1. The highest BCUT2D eigenvalue weighted by atomic mass is 32.2. The second kappa shape index (κ2) is 7.56. The highest BCUT2D eigenvalue weighted by Crippen LogP contribution is 2.15. The average molecular weight is 313 g/mol. The van der Waals surface area contributed by atoms with E-state index in [4.69, 9.17) is 5.11 Å². The first kappa shape index (κ1) is 17.7. The lowest BCUT2D eigenvalue weighted by molar-refractivity contribution is 0.0951. The minimum atomic E-state index is -3.32. The Bertz CT molecular complexity index is 596. The minimum absolute atomic E-state index is 0.142. The first-order valence-corrected chi connectivity index (χ1v) is 8.84. The summed E-state index contributed by atoms with van der Waals surface area (Å²) < 4.78 is 23.1. The Morgan fingerprint density at radius 3 is 2.62 bits per heavy atom. The lowest BCUT2D eigenvalue weighted by atomic mass is 10.1. The summed E-state index contributed by atoms with van der Waals surface area (Å²) in [5.41, 5.74) is 1.12. The lowest BCUT2D eigenvalue weighted by Gasteiger charge is -2.10. The van der Waals surface area contributed by atoms with Crippen LogP contribution in [0.15, 0.2) is 23.1 Å². The Kier molecular flexibility index (Phi) is 6.36. The number of amides is 1. The predicted octanol–water partition coefficient (Wildman–Crippen LogP) is 1.54. The maximum Gasteiger partial charge on any atom is 0.251 e. The standard InChI is InChI=1S/C15H23NO4S/c1-11(10-17)5-4-8-16-15(18)14-9-13(21(3,19)20)7-6-12(14)2/h6-7,9,11,17H,4-5,8,10H2,1-3H3,(H,16,18)/t11-/m0/s1. The Morgan fingerprint density at radius 1 is 1.38 bits per heavy atom. The van der Waals surface area contributed by atoms with Crippen LogP contribution in [0.5, 0.6) is 0 Å². The zero-order valence-electron chi connectivity index (χ0n) is 12.7. The van der Waals surface area contributed by atoms with Gasteiger partial charge in [-0.1, -0.05) is 13.0 Å². The molecule has 0 saturated heterocycles. The van der Waals surface area contributed by atoms with Crippen molar-refractivity contribution < 1.29 is 18.3 Å². The second-order valence-electron chi connectivity index (χ2n) is 5.43. The molecule has 0 aromatic heterocycles. The quantitative estimate of drug-likeness (QED) is 0.748. The molecule has 1 atom stereocenters. The number of nitrogens with one attached hydrogen (secondary N) is 1. The highest BCUT2D eigenvalue weighted by molar-refractivity contribution is 7.90. The van der Waals surface area contributed by atoms with Crippen LogP contribution in [0, 0.1) is 12.8 Å². The zero-order valence-corrected chi connectivity index (χ0v) is 13.5. The molecule has 0 heterocycles. The van der Waals surface area contributed by atoms with Crippen molar-refractivity contribution in [2.75, 3.05) is 19.4 Å². The molecule has 1 amide bonds. The van der Waals surface area contributed by atoms with Crippen LogP contribution in [-0.2, 0) is 9.84 Å². The van der Waals surface area contributed by atoms with Crippen LogP contribution in [-0.4, -0.2) is 38.8 Å². The molecule has 0 radical (unpaired) electrons. The van der Waals surface area contributed by atoms with Crippen molar-refractivity contribution in [3.8, 4) is 0 Å². The normalized spacial score (nSPS) is 13.0. The smallest absolute Gasteiger partial charge is 0.251 e. The number of carbonyl (C=O) groups is 1. The monoisotopic (exact) mass is 313 g/mol. The Hall–Kier alpha value is -1.40. The molecule has 0 saturated carbocycles. The molecule has 0 bridgehead atoms. The van der Waals surface area contributed by atoms with E-state index in [0.717, 1.165) is 24.7 Å². The van der Waals surface area contributed by atoms with Gasteiger partial charge in [0.2, 0.25) is 0 Å². The molecule has 118 valence electrons. The van der Waals surface area contributed by atoms with Gasteiger partial charge in [-0.3, -0.25) is 4.79 Å². The van der Waals surface area contributed by atoms with E-state index in [1.165, 1.54) is 12.1 Å². The van der Waals surface area contributed by atoms with Crippen LogP contribution in [0.4, 0.5) is 0 Å². The first-order chi connectivity index (χ1) is 9.75. The molecule has 1 aromatic rings. The Balaban J connectivity index is 2.70. The fraction of sp³-hybridized carbons (Fsp3) is 0.533. The third-order valence-electron chi connectivity index (χ3n) is 3.35. The largest absolute Gasteiger partial charge is 0.396 e. The van der Waals surface area contributed by atoms with E-state index in [-0.39, 0.29) is 23.3 Å². The molecule has 2 N–H and O–H groups in total. The van der Waals surface area contributed by atoms with Gasteiger partial charge in [0.1, 0.15) is 0 Å². The van der Waals surface area contributed by atoms with Gasteiger partial charge >= 0.3 is 0 Å². The molecule has 21 heavy (non-hydrogen) atoms. The maximum absolute atomic E-state index is 12.1. The molecule has 0 spiro atoms. The number of aliphatic hydroxyl groups is 1. The van der Waals surface area contributed by atoms with Crippen molar-refractivity contribution in [1.29, 1.82) is 0 Å². The fourth-order valence-corrected chi connectivity index (χ4v) is 2.56. The Morgan fingerprint density at radius 2 is 2.05 bits per heavy atom. The van der Waals surface area contributed by atoms with Gasteiger partial charge in [0.15, 0.2) is 9.84 Å². The van der Waals surface area contributed by atoms with Gasteiger partial charge < -0.3 is 10.4 Å². The number of hydrogen-bond donors (Lipinski definition) is 2. The third kappa shape index (κ3) is 5.47. The molecule has 0 aliphatic rings. The molecule has 1 aromatic carbocycles. The van der Waals surface area contributed by atoms with Crippen LogP contribution in [0.25, 0.3) is 0 Å². The highest BCUT2D eigenvalue weighted by Gasteiger charge is 2.14. The second-order valence-corrected chi connectivity index (χ2v) is 7.45. The zero-order chi connectivity index (χ0) is 16.0. The average Bonchev–Trinajstić information content (AvgIpc) is 2.42. The molecule has 5 nitrogen and oxygen atoms in total. The number of carbonyl (C=O) groups excluding carboxylic acids is 1. The van der Waals surface area contributed by atoms with Gasteiger partial charge in [-0.15, -0.1) is 0 Å². The van der Waals surface area contributed by atoms with Gasteiger partial charge in [0.25, 0.3) is 5.91 Å². The molecular weight excluding hydrogens is 290 g/mol. The predicted molar refractivity (Wildman–Crippen MR) is 82.1 cm³/mol. The number of sulfone groups is 1.